The van der Waals surface area contributed by atoms with Gasteiger partial charge in [0, 0.05) is 6.92 Å². The zero-order chi connectivity index (χ0) is 14.7. The summed E-state index contributed by atoms with van der Waals surface area (Å²) in [4.78, 5) is 0. The molecule has 0 amide bonds. The standard InChI is InChI=1S/C9H17N2.6FH.Sb/c1-4-5-6-11-8-7-10(3)9(11)2;;;;;;;/h7-8H,4-6H2,1-3H3;6*1H;/q+1;;;;;;;+5/p-6. The van der Waals surface area contributed by atoms with E-state index in [9.17, 15) is 16.9 Å². The van der Waals surface area contributed by atoms with E-state index in [2.05, 4.69) is 42.4 Å². The molecule has 0 radical (unpaired) electrons. The van der Waals surface area contributed by atoms with Crippen molar-refractivity contribution >= 4 is 19.5 Å². The van der Waals surface area contributed by atoms with Crippen molar-refractivity contribution < 1.29 is 21.4 Å². The van der Waals surface area contributed by atoms with Crippen molar-refractivity contribution in [3.8, 4) is 0 Å². The van der Waals surface area contributed by atoms with Crippen LogP contribution in [0, 0.1) is 6.92 Å². The maximum atomic E-state index is 9.93. The second-order valence-corrected chi connectivity index (χ2v) is 9.43. The Kier molecular flexibility index (Phi) is 4.84. The molecule has 0 aliphatic carbocycles. The Morgan fingerprint density at radius 2 is 1.61 bits per heavy atom. The summed E-state index contributed by atoms with van der Waals surface area (Å²) in [7, 11) is 2.08. The van der Waals surface area contributed by atoms with E-state index < -0.39 is 19.5 Å². The molecule has 110 valence electrons. The predicted molar refractivity (Wildman–Crippen MR) is 57.7 cm³/mol. The first-order chi connectivity index (χ1) is 7.70. The molecule has 1 rings (SSSR count). The van der Waals surface area contributed by atoms with Gasteiger partial charge in [0.25, 0.3) is 5.82 Å². The fourth-order valence-electron chi connectivity index (χ4n) is 1.16. The van der Waals surface area contributed by atoms with Crippen molar-refractivity contribution in [2.24, 2.45) is 7.05 Å². The van der Waals surface area contributed by atoms with E-state index in [1.165, 1.54) is 18.7 Å². The van der Waals surface area contributed by atoms with Gasteiger partial charge in [-0.1, -0.05) is 13.3 Å². The first-order valence-electron chi connectivity index (χ1n) is 5.28. The summed E-state index contributed by atoms with van der Waals surface area (Å²) in [5.74, 6) is 1.33. The SMILES string of the molecule is CCCCn1cc[n+](C)c1C.[F][Sb-]([F])([F])([F])([F])[F]. The Morgan fingerprint density at radius 1 is 1.17 bits per heavy atom. The fourth-order valence-corrected chi connectivity index (χ4v) is 1.16. The van der Waals surface area contributed by atoms with Crippen molar-refractivity contribution in [2.45, 2.75) is 33.2 Å². The molecule has 18 heavy (non-hydrogen) atoms. The van der Waals surface area contributed by atoms with Crippen molar-refractivity contribution in [1.29, 1.82) is 0 Å². The molecule has 0 saturated carbocycles. The third kappa shape index (κ3) is 12.1. The van der Waals surface area contributed by atoms with Crippen LogP contribution in [0.4, 0.5) is 16.9 Å². The van der Waals surface area contributed by atoms with Crippen LogP contribution < -0.4 is 4.57 Å². The Morgan fingerprint density at radius 3 is 1.89 bits per heavy atom. The van der Waals surface area contributed by atoms with Crippen molar-refractivity contribution in [3.63, 3.8) is 0 Å². The van der Waals surface area contributed by atoms with Gasteiger partial charge >= 0.3 is 36.4 Å². The molecule has 1 aromatic rings. The summed E-state index contributed by atoms with van der Waals surface area (Å²) in [6.45, 7) is 5.53. The summed E-state index contributed by atoms with van der Waals surface area (Å²) >= 11 is -11.2. The molecule has 0 N–H and O–H groups in total. The number of hydrogen-bond donors (Lipinski definition) is 0. The minimum absolute atomic E-state index is 1.16. The molecule has 0 aromatic carbocycles. The molecule has 0 aliphatic rings. The van der Waals surface area contributed by atoms with Crippen LogP contribution in [-0.4, -0.2) is 24.0 Å². The Hall–Kier alpha value is -0.392. The summed E-state index contributed by atoms with van der Waals surface area (Å²) in [6, 6.07) is 0. The summed E-state index contributed by atoms with van der Waals surface area (Å²) < 4.78 is 64.0. The first kappa shape index (κ1) is 17.6. The van der Waals surface area contributed by atoms with Gasteiger partial charge < -0.3 is 0 Å². The van der Waals surface area contributed by atoms with Crippen LogP contribution in [0.2, 0.25) is 0 Å². The van der Waals surface area contributed by atoms with Gasteiger partial charge in [0.2, 0.25) is 0 Å². The molecular formula is C9H17F6N2Sb. The number of halogens is 6. The van der Waals surface area contributed by atoms with Crippen LogP contribution in [0.25, 0.3) is 0 Å². The Labute approximate surface area is 104 Å². The summed E-state index contributed by atoms with van der Waals surface area (Å²) in [6.07, 6.45) is 6.78. The monoisotopic (exact) mass is 388 g/mol. The predicted octanol–water partition coefficient (Wildman–Crippen LogP) is 3.56. The van der Waals surface area contributed by atoms with E-state index in [0.717, 1.165) is 6.54 Å². The second-order valence-electron chi connectivity index (χ2n) is 3.96. The third-order valence-corrected chi connectivity index (χ3v) is 2.15. The van der Waals surface area contributed by atoms with Gasteiger partial charge in [-0.2, -0.15) is 0 Å². The molecule has 0 atom stereocenters. The van der Waals surface area contributed by atoms with E-state index in [4.69, 9.17) is 0 Å². The van der Waals surface area contributed by atoms with Crippen LogP contribution in [0.5, 0.6) is 0 Å². The van der Waals surface area contributed by atoms with Gasteiger partial charge in [0.05, 0.1) is 13.6 Å². The number of hydrogen-bond acceptors (Lipinski definition) is 0. The average Bonchev–Trinajstić information content (AvgIpc) is 2.40. The number of unbranched alkanes of at least 4 members (excludes halogenated alkanes) is 1. The molecule has 0 aliphatic heterocycles. The van der Waals surface area contributed by atoms with Crippen LogP contribution >= 0.6 is 0 Å². The molecular weight excluding hydrogens is 372 g/mol. The number of rotatable bonds is 3. The van der Waals surface area contributed by atoms with Gasteiger partial charge in [-0.15, -0.1) is 0 Å². The molecule has 9 heteroatoms. The number of nitrogens with zero attached hydrogens (tertiary/aromatic N) is 2. The molecule has 0 saturated heterocycles. The maximum absolute atomic E-state index is 11.2. The molecule has 2 nitrogen and oxygen atoms in total. The van der Waals surface area contributed by atoms with Crippen molar-refractivity contribution in [3.05, 3.63) is 18.2 Å². The first-order valence-corrected chi connectivity index (χ1v) is 11.1. The quantitative estimate of drug-likeness (QED) is 0.425. The van der Waals surface area contributed by atoms with Gasteiger partial charge in [0.15, 0.2) is 0 Å². The van der Waals surface area contributed by atoms with Crippen LogP contribution in [-0.2, 0) is 13.6 Å². The molecule has 0 unspecified atom stereocenters. The molecule has 1 aromatic heterocycles. The summed E-state index contributed by atoms with van der Waals surface area (Å²) in [5, 5.41) is 0. The Bertz CT molecular complexity index is 382. The molecule has 0 spiro atoms. The number of imidazole rings is 1. The van der Waals surface area contributed by atoms with Gasteiger partial charge in [0.1, 0.15) is 12.4 Å². The topological polar surface area (TPSA) is 8.81 Å². The van der Waals surface area contributed by atoms with E-state index in [0.29, 0.717) is 0 Å². The normalized spacial score (nSPS) is 15.4. The van der Waals surface area contributed by atoms with Crippen LogP contribution in [0.1, 0.15) is 25.6 Å². The molecule has 0 bridgehead atoms. The summed E-state index contributed by atoms with van der Waals surface area (Å²) in [5.41, 5.74) is 0. The van der Waals surface area contributed by atoms with Gasteiger partial charge in [-0.3, -0.25) is 0 Å². The van der Waals surface area contributed by atoms with E-state index >= 15 is 0 Å². The fraction of sp³-hybridized carbons (Fsp3) is 0.667. The van der Waals surface area contributed by atoms with Crippen LogP contribution in [0.3, 0.4) is 0 Å². The van der Waals surface area contributed by atoms with Crippen molar-refractivity contribution in [1.82, 2.24) is 4.57 Å². The Balaban J connectivity index is 0.000000360. The average molecular weight is 389 g/mol. The van der Waals surface area contributed by atoms with E-state index in [-0.39, 0.29) is 0 Å². The number of aryl methyl sites for hydroxylation is 2. The van der Waals surface area contributed by atoms with E-state index in [1.807, 2.05) is 0 Å². The second kappa shape index (κ2) is 4.94. The molecule has 0 fully saturated rings. The minimum atomic E-state index is -11.2. The van der Waals surface area contributed by atoms with Gasteiger partial charge in [-0.05, 0) is 6.42 Å². The van der Waals surface area contributed by atoms with E-state index in [1.54, 1.807) is 0 Å². The van der Waals surface area contributed by atoms with Crippen molar-refractivity contribution in [2.75, 3.05) is 0 Å². The number of aromatic nitrogens is 2. The van der Waals surface area contributed by atoms with Gasteiger partial charge in [-0.25, -0.2) is 9.13 Å². The third-order valence-electron chi connectivity index (χ3n) is 2.15. The zero-order valence-corrected chi connectivity index (χ0v) is 12.9. The zero-order valence-electron chi connectivity index (χ0n) is 10.4. The van der Waals surface area contributed by atoms with Crippen LogP contribution in [0.15, 0.2) is 12.4 Å². The molecule has 1 heterocycles.